The Morgan fingerprint density at radius 3 is 2.47 bits per heavy atom. The van der Waals surface area contributed by atoms with Gasteiger partial charge in [0.2, 0.25) is 0 Å². The summed E-state index contributed by atoms with van der Waals surface area (Å²) in [6.07, 6.45) is 0.530. The Morgan fingerprint density at radius 1 is 1.11 bits per heavy atom. The van der Waals surface area contributed by atoms with Gasteiger partial charge in [-0.15, -0.1) is 11.8 Å². The van der Waals surface area contributed by atoms with Gasteiger partial charge in [0, 0.05) is 10.1 Å². The van der Waals surface area contributed by atoms with Gasteiger partial charge in [0.1, 0.15) is 0 Å². The van der Waals surface area contributed by atoms with Gasteiger partial charge in [-0.25, -0.2) is 0 Å². The summed E-state index contributed by atoms with van der Waals surface area (Å²) in [7, 11) is 0. The molecule has 2 aromatic rings. The normalized spacial score (nSPS) is 11.8. The van der Waals surface area contributed by atoms with Gasteiger partial charge in [0.15, 0.2) is 0 Å². The molecule has 19 heavy (non-hydrogen) atoms. The van der Waals surface area contributed by atoms with Crippen LogP contribution < -0.4 is 0 Å². The van der Waals surface area contributed by atoms with E-state index in [1.54, 1.807) is 11.8 Å². The van der Waals surface area contributed by atoms with Gasteiger partial charge in [-0.3, -0.25) is 0 Å². The summed E-state index contributed by atoms with van der Waals surface area (Å²) in [6.45, 7) is 4.23. The summed E-state index contributed by atoms with van der Waals surface area (Å²) in [5.41, 5.74) is 3.77. The highest BCUT2D eigenvalue weighted by Crippen LogP contribution is 2.39. The molecule has 0 aliphatic carbocycles. The van der Waals surface area contributed by atoms with E-state index in [4.69, 9.17) is 5.26 Å². The number of thioether (sulfide) groups is 1. The van der Waals surface area contributed by atoms with E-state index in [9.17, 15) is 0 Å². The first kappa shape index (κ1) is 13.7. The highest BCUT2D eigenvalue weighted by molar-refractivity contribution is 7.99. The highest BCUT2D eigenvalue weighted by atomic mass is 32.2. The van der Waals surface area contributed by atoms with Crippen molar-refractivity contribution in [1.29, 1.82) is 5.26 Å². The smallest absolute Gasteiger partial charge is 0.0637 e. The van der Waals surface area contributed by atoms with E-state index in [1.165, 1.54) is 21.6 Å². The first-order valence-corrected chi connectivity index (χ1v) is 7.24. The fraction of sp³-hybridized carbons (Fsp3) is 0.235. The van der Waals surface area contributed by atoms with E-state index in [0.29, 0.717) is 6.42 Å². The lowest BCUT2D eigenvalue weighted by Gasteiger charge is -2.15. The van der Waals surface area contributed by atoms with Crippen molar-refractivity contribution in [1.82, 2.24) is 0 Å². The van der Waals surface area contributed by atoms with Crippen molar-refractivity contribution in [2.24, 2.45) is 0 Å². The zero-order chi connectivity index (χ0) is 13.7. The van der Waals surface area contributed by atoms with Crippen molar-refractivity contribution in [3.8, 4) is 6.07 Å². The first-order valence-electron chi connectivity index (χ1n) is 6.36. The van der Waals surface area contributed by atoms with Gasteiger partial charge in [0.25, 0.3) is 0 Å². The average molecular weight is 267 g/mol. The highest BCUT2D eigenvalue weighted by Gasteiger charge is 2.13. The first-order chi connectivity index (χ1) is 9.20. The second-order valence-corrected chi connectivity index (χ2v) is 5.89. The van der Waals surface area contributed by atoms with Crippen LogP contribution in [0.5, 0.6) is 0 Å². The Balaban J connectivity index is 2.24. The van der Waals surface area contributed by atoms with Crippen molar-refractivity contribution in [3.63, 3.8) is 0 Å². The number of hydrogen-bond donors (Lipinski definition) is 0. The molecule has 0 aromatic heterocycles. The molecular weight excluding hydrogens is 250 g/mol. The van der Waals surface area contributed by atoms with Crippen molar-refractivity contribution < 1.29 is 0 Å². The summed E-state index contributed by atoms with van der Waals surface area (Å²) < 4.78 is 0. The standard InChI is InChI=1S/C17H17NS/c1-13-8-9-16(14(2)12-13)19-17(10-11-18)15-6-4-3-5-7-15/h3-9,12,17H,10H2,1-2H3. The average Bonchev–Trinajstić information content (AvgIpc) is 2.42. The van der Waals surface area contributed by atoms with Crippen molar-refractivity contribution in [2.45, 2.75) is 30.4 Å². The van der Waals surface area contributed by atoms with Crippen LogP contribution in [-0.2, 0) is 0 Å². The SMILES string of the molecule is Cc1ccc(SC(CC#N)c2ccccc2)c(C)c1. The molecule has 1 unspecified atom stereocenters. The summed E-state index contributed by atoms with van der Waals surface area (Å²) in [4.78, 5) is 1.26. The minimum Gasteiger partial charge on any atom is -0.198 e. The molecule has 0 bridgehead atoms. The molecule has 1 nitrogen and oxygen atoms in total. The van der Waals surface area contributed by atoms with E-state index in [0.717, 1.165) is 0 Å². The summed E-state index contributed by atoms with van der Waals surface area (Å²) in [5.74, 6) is 0. The van der Waals surface area contributed by atoms with Crippen LogP contribution >= 0.6 is 11.8 Å². The Labute approximate surface area is 119 Å². The number of benzene rings is 2. The van der Waals surface area contributed by atoms with Gasteiger partial charge >= 0.3 is 0 Å². The Kier molecular flexibility index (Phi) is 4.65. The van der Waals surface area contributed by atoms with E-state index in [1.807, 2.05) is 18.2 Å². The summed E-state index contributed by atoms with van der Waals surface area (Å²) in [5, 5.41) is 9.23. The molecule has 0 saturated carbocycles. The predicted molar refractivity (Wildman–Crippen MR) is 81.2 cm³/mol. The largest absolute Gasteiger partial charge is 0.198 e. The van der Waals surface area contributed by atoms with Crippen LogP contribution in [0.15, 0.2) is 53.4 Å². The molecule has 2 rings (SSSR count). The molecule has 0 aliphatic rings. The Morgan fingerprint density at radius 2 is 1.84 bits per heavy atom. The topological polar surface area (TPSA) is 23.8 Å². The monoisotopic (exact) mass is 267 g/mol. The molecule has 0 aliphatic heterocycles. The molecule has 0 heterocycles. The Hall–Kier alpha value is -1.72. The van der Waals surface area contributed by atoms with Crippen molar-refractivity contribution >= 4 is 11.8 Å². The zero-order valence-corrected chi connectivity index (χ0v) is 12.1. The summed E-state index contributed by atoms with van der Waals surface area (Å²) in [6, 6.07) is 19.0. The van der Waals surface area contributed by atoms with Crippen LogP contribution in [0.1, 0.15) is 28.4 Å². The van der Waals surface area contributed by atoms with Crippen LogP contribution in [0.3, 0.4) is 0 Å². The number of nitrogens with zero attached hydrogens (tertiary/aromatic N) is 1. The molecule has 0 N–H and O–H groups in total. The van der Waals surface area contributed by atoms with E-state index in [2.05, 4.69) is 50.2 Å². The molecule has 0 saturated heterocycles. The maximum atomic E-state index is 9.03. The number of hydrogen-bond acceptors (Lipinski definition) is 2. The molecule has 0 fully saturated rings. The van der Waals surface area contributed by atoms with E-state index < -0.39 is 0 Å². The van der Waals surface area contributed by atoms with Crippen LogP contribution in [0, 0.1) is 25.2 Å². The van der Waals surface area contributed by atoms with Gasteiger partial charge in [-0.05, 0) is 31.0 Å². The molecule has 0 spiro atoms. The number of rotatable bonds is 4. The van der Waals surface area contributed by atoms with Crippen LogP contribution in [-0.4, -0.2) is 0 Å². The minimum absolute atomic E-state index is 0.201. The molecular formula is C17H17NS. The zero-order valence-electron chi connectivity index (χ0n) is 11.3. The van der Waals surface area contributed by atoms with Crippen molar-refractivity contribution in [2.75, 3.05) is 0 Å². The van der Waals surface area contributed by atoms with Gasteiger partial charge in [-0.2, -0.15) is 5.26 Å². The lowest BCUT2D eigenvalue weighted by atomic mass is 10.1. The second-order valence-electron chi connectivity index (χ2n) is 4.65. The number of aryl methyl sites for hydroxylation is 2. The lowest BCUT2D eigenvalue weighted by Crippen LogP contribution is -1.94. The van der Waals surface area contributed by atoms with Gasteiger partial charge < -0.3 is 0 Å². The molecule has 2 heteroatoms. The van der Waals surface area contributed by atoms with Crippen molar-refractivity contribution in [3.05, 3.63) is 65.2 Å². The number of nitriles is 1. The third-order valence-corrected chi connectivity index (χ3v) is 4.48. The van der Waals surface area contributed by atoms with Crippen LogP contribution in [0.2, 0.25) is 0 Å². The fourth-order valence-corrected chi connectivity index (χ4v) is 3.21. The third kappa shape index (κ3) is 3.62. The minimum atomic E-state index is 0.201. The molecule has 0 amide bonds. The van der Waals surface area contributed by atoms with Crippen LogP contribution in [0.25, 0.3) is 0 Å². The van der Waals surface area contributed by atoms with E-state index >= 15 is 0 Å². The van der Waals surface area contributed by atoms with Crippen LogP contribution in [0.4, 0.5) is 0 Å². The lowest BCUT2D eigenvalue weighted by molar-refractivity contribution is 0.976. The summed E-state index contributed by atoms with van der Waals surface area (Å²) >= 11 is 1.78. The second kappa shape index (κ2) is 6.45. The molecule has 1 atom stereocenters. The third-order valence-electron chi connectivity index (χ3n) is 3.05. The maximum Gasteiger partial charge on any atom is 0.0637 e. The predicted octanol–water partition coefficient (Wildman–Crippen LogP) is 5.05. The molecule has 0 radical (unpaired) electrons. The van der Waals surface area contributed by atoms with E-state index in [-0.39, 0.29) is 5.25 Å². The fourth-order valence-electron chi connectivity index (χ4n) is 2.06. The Bertz CT molecular complexity index is 584. The van der Waals surface area contributed by atoms with Gasteiger partial charge in [0.05, 0.1) is 12.5 Å². The maximum absolute atomic E-state index is 9.03. The molecule has 2 aromatic carbocycles. The quantitative estimate of drug-likeness (QED) is 0.724. The molecule has 96 valence electrons. The van der Waals surface area contributed by atoms with Gasteiger partial charge in [-0.1, -0.05) is 48.0 Å².